The number of para-hydroxylation sites is 1. The van der Waals surface area contributed by atoms with Gasteiger partial charge in [0.15, 0.2) is 0 Å². The van der Waals surface area contributed by atoms with Crippen LogP contribution in [0.5, 0.6) is 0 Å². The molecule has 1 unspecified atom stereocenters. The van der Waals surface area contributed by atoms with Crippen molar-refractivity contribution in [1.29, 1.82) is 0 Å². The van der Waals surface area contributed by atoms with E-state index in [1.54, 1.807) is 11.3 Å². The van der Waals surface area contributed by atoms with Gasteiger partial charge in [-0.2, -0.15) is 0 Å². The fourth-order valence-electron chi connectivity index (χ4n) is 2.81. The predicted molar refractivity (Wildman–Crippen MR) is 105 cm³/mol. The standard InChI is InChI=1S/C21H22N2OS/c1-2-16-9-6-7-12-18(16)22-15-20(24)23-21(19-13-8-14-25-19)17-10-4-3-5-11-17/h3-14,21-22H,2,15H2,1H3,(H,23,24). The molecule has 3 aromatic rings. The molecular weight excluding hydrogens is 328 g/mol. The van der Waals surface area contributed by atoms with Crippen LogP contribution in [0.25, 0.3) is 0 Å². The first kappa shape index (κ1) is 17.2. The lowest BCUT2D eigenvalue weighted by Crippen LogP contribution is -2.33. The largest absolute Gasteiger partial charge is 0.376 e. The molecule has 0 radical (unpaired) electrons. The molecule has 1 amide bonds. The number of carbonyl (C=O) groups is 1. The average molecular weight is 350 g/mol. The Hall–Kier alpha value is -2.59. The van der Waals surface area contributed by atoms with Gasteiger partial charge in [-0.25, -0.2) is 0 Å². The van der Waals surface area contributed by atoms with Crippen molar-refractivity contribution in [3.05, 3.63) is 88.1 Å². The molecule has 0 fully saturated rings. The van der Waals surface area contributed by atoms with Crippen molar-refractivity contribution >= 4 is 22.9 Å². The maximum absolute atomic E-state index is 12.5. The van der Waals surface area contributed by atoms with E-state index in [0.29, 0.717) is 0 Å². The van der Waals surface area contributed by atoms with Crippen molar-refractivity contribution in [2.24, 2.45) is 0 Å². The van der Waals surface area contributed by atoms with Gasteiger partial charge in [0.1, 0.15) is 0 Å². The van der Waals surface area contributed by atoms with E-state index in [2.05, 4.69) is 29.7 Å². The Labute approximate surface area is 152 Å². The van der Waals surface area contributed by atoms with Gasteiger partial charge in [-0.3, -0.25) is 4.79 Å². The first-order chi connectivity index (χ1) is 12.3. The third kappa shape index (κ3) is 4.48. The van der Waals surface area contributed by atoms with Gasteiger partial charge in [0, 0.05) is 10.6 Å². The first-order valence-corrected chi connectivity index (χ1v) is 9.35. The molecule has 0 aliphatic carbocycles. The average Bonchev–Trinajstić information content (AvgIpc) is 3.20. The van der Waals surface area contributed by atoms with Gasteiger partial charge in [0.25, 0.3) is 0 Å². The van der Waals surface area contributed by atoms with Crippen LogP contribution < -0.4 is 10.6 Å². The molecule has 0 aliphatic rings. The van der Waals surface area contributed by atoms with Crippen LogP contribution >= 0.6 is 11.3 Å². The number of hydrogen-bond donors (Lipinski definition) is 2. The maximum atomic E-state index is 12.5. The van der Waals surface area contributed by atoms with E-state index in [1.807, 2.05) is 60.0 Å². The van der Waals surface area contributed by atoms with Gasteiger partial charge in [0.05, 0.1) is 12.6 Å². The first-order valence-electron chi connectivity index (χ1n) is 8.47. The van der Waals surface area contributed by atoms with E-state index < -0.39 is 0 Å². The summed E-state index contributed by atoms with van der Waals surface area (Å²) in [7, 11) is 0. The zero-order valence-electron chi connectivity index (χ0n) is 14.2. The molecule has 1 heterocycles. The highest BCUT2D eigenvalue weighted by Gasteiger charge is 2.17. The fourth-order valence-corrected chi connectivity index (χ4v) is 3.61. The van der Waals surface area contributed by atoms with Gasteiger partial charge in [-0.1, -0.05) is 61.5 Å². The highest BCUT2D eigenvalue weighted by Crippen LogP contribution is 2.25. The van der Waals surface area contributed by atoms with E-state index >= 15 is 0 Å². The number of thiophene rings is 1. The molecule has 1 aromatic heterocycles. The van der Waals surface area contributed by atoms with Gasteiger partial charge in [-0.05, 0) is 35.1 Å². The third-order valence-corrected chi connectivity index (χ3v) is 5.04. The molecule has 2 N–H and O–H groups in total. The van der Waals surface area contributed by atoms with E-state index in [0.717, 1.165) is 22.5 Å². The number of aryl methyl sites for hydroxylation is 1. The van der Waals surface area contributed by atoms with Crippen LogP contribution in [-0.4, -0.2) is 12.5 Å². The quantitative estimate of drug-likeness (QED) is 0.652. The monoisotopic (exact) mass is 350 g/mol. The number of nitrogens with one attached hydrogen (secondary N) is 2. The molecule has 0 saturated carbocycles. The minimum Gasteiger partial charge on any atom is -0.376 e. The van der Waals surface area contributed by atoms with Crippen molar-refractivity contribution in [3.63, 3.8) is 0 Å². The minimum absolute atomic E-state index is 0.0202. The smallest absolute Gasteiger partial charge is 0.240 e. The van der Waals surface area contributed by atoms with Crippen molar-refractivity contribution in [3.8, 4) is 0 Å². The Morgan fingerprint density at radius 2 is 1.76 bits per heavy atom. The van der Waals surface area contributed by atoms with Crippen LogP contribution in [0.3, 0.4) is 0 Å². The molecule has 0 bridgehead atoms. The number of anilines is 1. The maximum Gasteiger partial charge on any atom is 0.240 e. The number of rotatable bonds is 7. The van der Waals surface area contributed by atoms with E-state index in [-0.39, 0.29) is 18.5 Å². The van der Waals surface area contributed by atoms with Crippen LogP contribution in [0.4, 0.5) is 5.69 Å². The third-order valence-electron chi connectivity index (χ3n) is 4.10. The highest BCUT2D eigenvalue weighted by molar-refractivity contribution is 7.10. The summed E-state index contributed by atoms with van der Waals surface area (Å²) in [6.45, 7) is 2.37. The van der Waals surface area contributed by atoms with Crippen LogP contribution in [0.15, 0.2) is 72.1 Å². The Morgan fingerprint density at radius 1 is 1.00 bits per heavy atom. The number of benzene rings is 2. The SMILES string of the molecule is CCc1ccccc1NCC(=O)NC(c1ccccc1)c1cccs1. The highest BCUT2D eigenvalue weighted by atomic mass is 32.1. The molecule has 3 nitrogen and oxygen atoms in total. The lowest BCUT2D eigenvalue weighted by Gasteiger charge is -2.19. The van der Waals surface area contributed by atoms with Crippen LogP contribution in [0, 0.1) is 0 Å². The number of amides is 1. The zero-order chi connectivity index (χ0) is 17.5. The Bertz CT molecular complexity index is 800. The molecule has 1 atom stereocenters. The van der Waals surface area contributed by atoms with Crippen LogP contribution in [0.1, 0.15) is 29.0 Å². The lowest BCUT2D eigenvalue weighted by molar-refractivity contribution is -0.119. The van der Waals surface area contributed by atoms with Crippen molar-refractivity contribution in [2.75, 3.05) is 11.9 Å². The second-order valence-electron chi connectivity index (χ2n) is 5.79. The van der Waals surface area contributed by atoms with E-state index in [4.69, 9.17) is 0 Å². The molecule has 4 heteroatoms. The van der Waals surface area contributed by atoms with Crippen LogP contribution in [0.2, 0.25) is 0 Å². The second kappa shape index (κ2) is 8.49. The molecular formula is C21H22N2OS. The lowest BCUT2D eigenvalue weighted by atomic mass is 10.1. The molecule has 3 rings (SSSR count). The summed E-state index contributed by atoms with van der Waals surface area (Å²) in [5.41, 5.74) is 3.33. The number of carbonyl (C=O) groups excluding carboxylic acids is 1. The summed E-state index contributed by atoms with van der Waals surface area (Å²) in [5.74, 6) is -0.0202. The summed E-state index contributed by atoms with van der Waals surface area (Å²) >= 11 is 1.65. The normalized spacial score (nSPS) is 11.7. The molecule has 2 aromatic carbocycles. The fraction of sp³-hybridized carbons (Fsp3) is 0.190. The summed E-state index contributed by atoms with van der Waals surface area (Å²) in [4.78, 5) is 13.7. The molecule has 0 spiro atoms. The Morgan fingerprint density at radius 3 is 2.48 bits per heavy atom. The van der Waals surface area contributed by atoms with E-state index in [9.17, 15) is 4.79 Å². The minimum atomic E-state index is -0.114. The van der Waals surface area contributed by atoms with Gasteiger partial charge in [0.2, 0.25) is 5.91 Å². The van der Waals surface area contributed by atoms with Gasteiger partial charge in [-0.15, -0.1) is 11.3 Å². The zero-order valence-corrected chi connectivity index (χ0v) is 15.1. The van der Waals surface area contributed by atoms with E-state index in [1.165, 1.54) is 5.56 Å². The summed E-state index contributed by atoms with van der Waals surface area (Å²) in [6, 6.07) is 22.1. The van der Waals surface area contributed by atoms with Gasteiger partial charge < -0.3 is 10.6 Å². The molecule has 128 valence electrons. The molecule has 0 aliphatic heterocycles. The second-order valence-corrected chi connectivity index (χ2v) is 6.77. The molecule has 0 saturated heterocycles. The van der Waals surface area contributed by atoms with Crippen molar-refractivity contribution in [1.82, 2.24) is 5.32 Å². The summed E-state index contributed by atoms with van der Waals surface area (Å²) in [5, 5.41) is 8.44. The summed E-state index contributed by atoms with van der Waals surface area (Å²) in [6.07, 6.45) is 0.937. The van der Waals surface area contributed by atoms with Crippen molar-refractivity contribution in [2.45, 2.75) is 19.4 Å². The van der Waals surface area contributed by atoms with Crippen LogP contribution in [-0.2, 0) is 11.2 Å². The number of hydrogen-bond acceptors (Lipinski definition) is 3. The summed E-state index contributed by atoms with van der Waals surface area (Å²) < 4.78 is 0. The Kier molecular flexibility index (Phi) is 5.86. The predicted octanol–water partition coefficient (Wildman–Crippen LogP) is 4.63. The Balaban J connectivity index is 1.69. The van der Waals surface area contributed by atoms with Crippen molar-refractivity contribution < 1.29 is 4.79 Å². The molecule has 25 heavy (non-hydrogen) atoms. The topological polar surface area (TPSA) is 41.1 Å². The van der Waals surface area contributed by atoms with Gasteiger partial charge >= 0.3 is 0 Å².